The fourth-order valence-electron chi connectivity index (χ4n) is 1.74. The van der Waals surface area contributed by atoms with Gasteiger partial charge in [0.25, 0.3) is 5.91 Å². The van der Waals surface area contributed by atoms with E-state index in [9.17, 15) is 13.2 Å². The van der Waals surface area contributed by atoms with Gasteiger partial charge in [-0.25, -0.2) is 13.6 Å². The molecule has 0 saturated heterocycles. The van der Waals surface area contributed by atoms with E-state index in [-0.39, 0.29) is 17.3 Å². The number of primary sulfonamides is 1. The van der Waals surface area contributed by atoms with E-state index in [1.165, 1.54) is 18.2 Å². The van der Waals surface area contributed by atoms with Crippen LogP contribution in [0.2, 0.25) is 10.0 Å². The molecule has 5 nitrogen and oxygen atoms in total. The van der Waals surface area contributed by atoms with Crippen molar-refractivity contribution in [1.82, 2.24) is 5.32 Å². The van der Waals surface area contributed by atoms with Gasteiger partial charge in [-0.15, -0.1) is 0 Å². The Kier molecular flexibility index (Phi) is 5.08. The highest BCUT2D eigenvalue weighted by atomic mass is 35.5. The van der Waals surface area contributed by atoms with Crippen LogP contribution in [0.1, 0.15) is 15.9 Å². The molecular weight excluding hydrogens is 347 g/mol. The molecule has 0 aliphatic rings. The first kappa shape index (κ1) is 16.8. The summed E-state index contributed by atoms with van der Waals surface area (Å²) in [5, 5.41) is 8.58. The largest absolute Gasteiger partial charge is 0.348 e. The van der Waals surface area contributed by atoms with E-state index in [2.05, 4.69) is 5.32 Å². The molecule has 2 aromatic carbocycles. The van der Waals surface area contributed by atoms with Crippen LogP contribution in [0, 0.1) is 0 Å². The van der Waals surface area contributed by atoms with E-state index in [1.54, 1.807) is 24.3 Å². The number of benzene rings is 2. The van der Waals surface area contributed by atoms with Gasteiger partial charge in [-0.2, -0.15) is 0 Å². The summed E-state index contributed by atoms with van der Waals surface area (Å²) in [6.45, 7) is 0.0731. The third kappa shape index (κ3) is 4.20. The number of rotatable bonds is 4. The Hall–Kier alpha value is -1.60. The van der Waals surface area contributed by atoms with E-state index in [0.29, 0.717) is 21.2 Å². The number of carbonyl (C=O) groups excluding carboxylic acids is 1. The predicted octanol–water partition coefficient (Wildman–Crippen LogP) is 2.57. The molecule has 0 heterocycles. The van der Waals surface area contributed by atoms with Gasteiger partial charge >= 0.3 is 0 Å². The summed E-state index contributed by atoms with van der Waals surface area (Å²) in [5.41, 5.74) is 0.888. The molecule has 0 spiro atoms. The van der Waals surface area contributed by atoms with Crippen molar-refractivity contribution in [2.45, 2.75) is 11.4 Å². The molecule has 8 heteroatoms. The van der Waals surface area contributed by atoms with Crippen LogP contribution in [0.3, 0.4) is 0 Å². The zero-order valence-corrected chi connectivity index (χ0v) is 13.5. The van der Waals surface area contributed by atoms with Crippen molar-refractivity contribution in [1.29, 1.82) is 0 Å². The van der Waals surface area contributed by atoms with Crippen LogP contribution in [-0.2, 0) is 16.6 Å². The lowest BCUT2D eigenvalue weighted by molar-refractivity contribution is 0.0951. The van der Waals surface area contributed by atoms with Gasteiger partial charge in [-0.3, -0.25) is 4.79 Å². The predicted molar refractivity (Wildman–Crippen MR) is 85.4 cm³/mol. The average molecular weight is 359 g/mol. The van der Waals surface area contributed by atoms with Crippen LogP contribution < -0.4 is 10.5 Å². The first-order valence-corrected chi connectivity index (χ1v) is 8.42. The van der Waals surface area contributed by atoms with E-state index in [0.717, 1.165) is 0 Å². The number of nitrogens with two attached hydrogens (primary N) is 1. The van der Waals surface area contributed by atoms with E-state index < -0.39 is 10.0 Å². The van der Waals surface area contributed by atoms with E-state index in [1.807, 2.05) is 0 Å². The summed E-state index contributed by atoms with van der Waals surface area (Å²) in [5.74, 6) is -0.325. The summed E-state index contributed by atoms with van der Waals surface area (Å²) in [7, 11) is -3.82. The first-order chi connectivity index (χ1) is 10.3. The second kappa shape index (κ2) is 6.66. The minimum absolute atomic E-state index is 0.0624. The molecule has 2 rings (SSSR count). The molecule has 0 aliphatic carbocycles. The molecule has 0 unspecified atom stereocenters. The summed E-state index contributed by atoms with van der Waals surface area (Å²) in [6, 6.07) is 10.4. The molecule has 0 atom stereocenters. The fourth-order valence-corrected chi connectivity index (χ4v) is 2.62. The Balaban J connectivity index is 2.14. The van der Waals surface area contributed by atoms with Crippen LogP contribution in [0.5, 0.6) is 0 Å². The Labute approximate surface area is 138 Å². The quantitative estimate of drug-likeness (QED) is 0.879. The van der Waals surface area contributed by atoms with Gasteiger partial charge in [0.2, 0.25) is 10.0 Å². The molecular formula is C14H12Cl2N2O3S. The molecule has 116 valence electrons. The smallest absolute Gasteiger partial charge is 0.251 e. The molecule has 2 aromatic rings. The highest BCUT2D eigenvalue weighted by Gasteiger charge is 2.12. The van der Waals surface area contributed by atoms with Gasteiger partial charge in [0, 0.05) is 22.2 Å². The van der Waals surface area contributed by atoms with Crippen LogP contribution >= 0.6 is 23.2 Å². The zero-order chi connectivity index (χ0) is 16.3. The average Bonchev–Trinajstić information content (AvgIpc) is 2.45. The minimum atomic E-state index is -3.82. The maximum Gasteiger partial charge on any atom is 0.251 e. The monoisotopic (exact) mass is 358 g/mol. The lowest BCUT2D eigenvalue weighted by Crippen LogP contribution is -2.23. The number of hydrogen-bond donors (Lipinski definition) is 2. The van der Waals surface area contributed by atoms with Crippen LogP contribution in [0.15, 0.2) is 47.4 Å². The number of carbonyl (C=O) groups is 1. The lowest BCUT2D eigenvalue weighted by Gasteiger charge is -2.09. The van der Waals surface area contributed by atoms with Gasteiger partial charge in [0.05, 0.1) is 4.90 Å². The minimum Gasteiger partial charge on any atom is -0.348 e. The summed E-state index contributed by atoms with van der Waals surface area (Å²) < 4.78 is 22.6. The number of hydrogen-bond acceptors (Lipinski definition) is 3. The Morgan fingerprint density at radius 2 is 1.73 bits per heavy atom. The van der Waals surface area contributed by atoms with Gasteiger partial charge in [0.15, 0.2) is 0 Å². The van der Waals surface area contributed by atoms with Gasteiger partial charge in [-0.05, 0) is 48.0 Å². The van der Waals surface area contributed by atoms with Crippen molar-refractivity contribution in [2.75, 3.05) is 0 Å². The van der Waals surface area contributed by atoms with Crippen molar-refractivity contribution in [2.24, 2.45) is 5.14 Å². The highest BCUT2D eigenvalue weighted by Crippen LogP contribution is 2.20. The molecule has 1 amide bonds. The molecule has 22 heavy (non-hydrogen) atoms. The molecule has 0 bridgehead atoms. The van der Waals surface area contributed by atoms with Gasteiger partial charge in [-0.1, -0.05) is 23.2 Å². The van der Waals surface area contributed by atoms with Gasteiger partial charge in [0.1, 0.15) is 0 Å². The standard InChI is InChI=1S/C14H12Cl2N2O3S/c15-11-3-1-9(2-4-11)14(19)18-8-10-7-12(22(17,20)21)5-6-13(10)16/h1-7H,8H2,(H,18,19)(H2,17,20,21). The van der Waals surface area contributed by atoms with Crippen molar-refractivity contribution < 1.29 is 13.2 Å². The maximum atomic E-state index is 12.0. The summed E-state index contributed by atoms with van der Waals surface area (Å²) in [4.78, 5) is 11.9. The zero-order valence-electron chi connectivity index (χ0n) is 11.2. The van der Waals surface area contributed by atoms with Crippen molar-refractivity contribution in [3.63, 3.8) is 0 Å². The molecule has 0 radical (unpaired) electrons. The Bertz CT molecular complexity index is 805. The lowest BCUT2D eigenvalue weighted by atomic mass is 10.2. The number of sulfonamides is 1. The van der Waals surface area contributed by atoms with Crippen LogP contribution in [0.25, 0.3) is 0 Å². The van der Waals surface area contributed by atoms with Crippen molar-refractivity contribution in [3.8, 4) is 0 Å². The third-order valence-electron chi connectivity index (χ3n) is 2.89. The molecule has 0 aromatic heterocycles. The SMILES string of the molecule is NS(=O)(=O)c1ccc(Cl)c(CNC(=O)c2ccc(Cl)cc2)c1. The molecule has 0 aliphatic heterocycles. The maximum absolute atomic E-state index is 12.0. The molecule has 0 saturated carbocycles. The Morgan fingerprint density at radius 1 is 1.09 bits per heavy atom. The Morgan fingerprint density at radius 3 is 2.32 bits per heavy atom. The summed E-state index contributed by atoms with van der Waals surface area (Å²) >= 11 is 11.7. The number of nitrogens with one attached hydrogen (secondary N) is 1. The number of halogens is 2. The van der Waals surface area contributed by atoms with Crippen molar-refractivity contribution in [3.05, 3.63) is 63.6 Å². The fraction of sp³-hybridized carbons (Fsp3) is 0.0714. The number of amides is 1. The highest BCUT2D eigenvalue weighted by molar-refractivity contribution is 7.89. The third-order valence-corrected chi connectivity index (χ3v) is 4.42. The van der Waals surface area contributed by atoms with Gasteiger partial charge < -0.3 is 5.32 Å². The molecule has 0 fully saturated rings. The second-order valence-electron chi connectivity index (χ2n) is 4.49. The normalized spacial score (nSPS) is 11.2. The van der Waals surface area contributed by atoms with Crippen LogP contribution in [0.4, 0.5) is 0 Å². The first-order valence-electron chi connectivity index (χ1n) is 6.12. The molecule has 3 N–H and O–H groups in total. The topological polar surface area (TPSA) is 89.3 Å². The summed E-state index contributed by atoms with van der Waals surface area (Å²) in [6.07, 6.45) is 0. The van der Waals surface area contributed by atoms with E-state index >= 15 is 0 Å². The van der Waals surface area contributed by atoms with Crippen molar-refractivity contribution >= 4 is 39.1 Å². The van der Waals surface area contributed by atoms with Crippen LogP contribution in [-0.4, -0.2) is 14.3 Å². The second-order valence-corrected chi connectivity index (χ2v) is 6.89. The van der Waals surface area contributed by atoms with E-state index in [4.69, 9.17) is 28.3 Å².